The maximum atomic E-state index is 11.2. The van der Waals surface area contributed by atoms with Gasteiger partial charge in [-0.1, -0.05) is 6.92 Å². The van der Waals surface area contributed by atoms with Gasteiger partial charge in [0.2, 0.25) is 0 Å². The second kappa shape index (κ2) is 6.86. The third-order valence-corrected chi connectivity index (χ3v) is 3.99. The average Bonchev–Trinajstić information content (AvgIpc) is 2.66. The molecule has 0 fully saturated rings. The summed E-state index contributed by atoms with van der Waals surface area (Å²) in [4.78, 5) is 0. The van der Waals surface area contributed by atoms with Crippen LogP contribution in [0.5, 0.6) is 0 Å². The van der Waals surface area contributed by atoms with E-state index in [9.17, 15) is 4.21 Å². The van der Waals surface area contributed by atoms with Crippen LogP contribution < -0.4 is 5.32 Å². The van der Waals surface area contributed by atoms with Gasteiger partial charge in [0.05, 0.1) is 0 Å². The summed E-state index contributed by atoms with van der Waals surface area (Å²) in [7, 11) is -0.737. The van der Waals surface area contributed by atoms with Gasteiger partial charge in [-0.2, -0.15) is 0 Å². The topological polar surface area (TPSA) is 34.0 Å². The lowest BCUT2D eigenvalue weighted by atomic mass is 10.4. The predicted octanol–water partition coefficient (Wildman–Crippen LogP) is 1.75. The molecule has 1 aromatic rings. The first-order chi connectivity index (χ1) is 7.65. The van der Waals surface area contributed by atoms with Crippen molar-refractivity contribution in [2.24, 2.45) is 0 Å². The molecule has 0 bridgehead atoms. The van der Waals surface area contributed by atoms with Crippen molar-refractivity contribution in [2.75, 3.05) is 12.8 Å². The molecule has 0 amide bonds. The largest absolute Gasteiger partial charge is 0.350 e. The quantitative estimate of drug-likeness (QED) is 0.790. The molecule has 0 spiro atoms. The van der Waals surface area contributed by atoms with Gasteiger partial charge in [-0.05, 0) is 25.5 Å². The number of hydrogen-bond donors (Lipinski definition) is 1. The van der Waals surface area contributed by atoms with Crippen molar-refractivity contribution in [3.05, 3.63) is 24.0 Å². The molecule has 4 heteroatoms. The van der Waals surface area contributed by atoms with Crippen LogP contribution in [-0.2, 0) is 23.9 Å². The monoisotopic (exact) mass is 242 g/mol. The highest BCUT2D eigenvalue weighted by Crippen LogP contribution is 2.03. The van der Waals surface area contributed by atoms with E-state index in [1.54, 1.807) is 6.26 Å². The fourth-order valence-electron chi connectivity index (χ4n) is 1.59. The highest BCUT2D eigenvalue weighted by Gasteiger charge is 2.05. The van der Waals surface area contributed by atoms with Crippen LogP contribution in [0.3, 0.4) is 0 Å². The highest BCUT2D eigenvalue weighted by molar-refractivity contribution is 7.84. The minimum atomic E-state index is -0.737. The van der Waals surface area contributed by atoms with Gasteiger partial charge < -0.3 is 9.88 Å². The second-order valence-corrected chi connectivity index (χ2v) is 5.93. The molecule has 0 aliphatic carbocycles. The van der Waals surface area contributed by atoms with Crippen molar-refractivity contribution in [2.45, 2.75) is 38.6 Å². The van der Waals surface area contributed by atoms with Crippen molar-refractivity contribution in [3.63, 3.8) is 0 Å². The van der Waals surface area contributed by atoms with Crippen molar-refractivity contribution in [1.82, 2.24) is 9.88 Å². The molecule has 0 aromatic carbocycles. The van der Waals surface area contributed by atoms with Crippen LogP contribution in [-0.4, -0.2) is 26.8 Å². The van der Waals surface area contributed by atoms with E-state index < -0.39 is 10.8 Å². The van der Waals surface area contributed by atoms with Crippen LogP contribution in [0.1, 0.15) is 26.0 Å². The van der Waals surface area contributed by atoms with Crippen molar-refractivity contribution in [1.29, 1.82) is 0 Å². The molecule has 0 aliphatic rings. The van der Waals surface area contributed by atoms with E-state index >= 15 is 0 Å². The zero-order chi connectivity index (χ0) is 12.0. The third-order valence-electron chi connectivity index (χ3n) is 2.69. The van der Waals surface area contributed by atoms with Gasteiger partial charge in [-0.25, -0.2) is 0 Å². The number of aryl methyl sites for hydroxylation is 1. The molecule has 0 saturated heterocycles. The summed E-state index contributed by atoms with van der Waals surface area (Å²) in [6, 6.07) is 4.21. The Hall–Kier alpha value is -0.610. The van der Waals surface area contributed by atoms with Gasteiger partial charge in [-0.3, -0.25) is 4.21 Å². The first kappa shape index (κ1) is 13.5. The standard InChI is InChI=1S/C12H22N2OS/c1-4-7-14-8-5-6-12(14)10-13-9-11(2)16(3)15/h5-6,8,11,13H,4,7,9-10H2,1-3H3. The Labute approximate surface area is 101 Å². The Morgan fingerprint density at radius 3 is 2.94 bits per heavy atom. The smallest absolute Gasteiger partial charge is 0.0441 e. The first-order valence-corrected chi connectivity index (χ1v) is 7.44. The maximum Gasteiger partial charge on any atom is 0.0441 e. The normalized spacial score (nSPS) is 14.9. The van der Waals surface area contributed by atoms with E-state index in [-0.39, 0.29) is 5.25 Å². The van der Waals surface area contributed by atoms with Gasteiger partial charge in [0.25, 0.3) is 0 Å². The van der Waals surface area contributed by atoms with Crippen molar-refractivity contribution >= 4 is 10.8 Å². The molecular formula is C12H22N2OS. The van der Waals surface area contributed by atoms with Crippen molar-refractivity contribution < 1.29 is 4.21 Å². The van der Waals surface area contributed by atoms with E-state index in [2.05, 4.69) is 35.1 Å². The summed E-state index contributed by atoms with van der Waals surface area (Å²) < 4.78 is 13.4. The molecule has 1 N–H and O–H groups in total. The van der Waals surface area contributed by atoms with Crippen LogP contribution in [0.15, 0.2) is 18.3 Å². The predicted molar refractivity (Wildman–Crippen MR) is 70.0 cm³/mol. The molecule has 0 saturated carbocycles. The molecule has 1 rings (SSSR count). The molecular weight excluding hydrogens is 220 g/mol. The number of nitrogens with one attached hydrogen (secondary N) is 1. The van der Waals surface area contributed by atoms with Gasteiger partial charge >= 0.3 is 0 Å². The lowest BCUT2D eigenvalue weighted by Crippen LogP contribution is -2.27. The lowest BCUT2D eigenvalue weighted by Gasteiger charge is -2.11. The zero-order valence-corrected chi connectivity index (χ0v) is 11.2. The number of rotatable bonds is 7. The third kappa shape index (κ3) is 4.10. The summed E-state index contributed by atoms with van der Waals surface area (Å²) >= 11 is 0. The Balaban J connectivity index is 2.36. The van der Waals surface area contributed by atoms with Gasteiger partial charge in [0.15, 0.2) is 0 Å². The first-order valence-electron chi connectivity index (χ1n) is 5.82. The Bertz CT molecular complexity index is 336. The summed E-state index contributed by atoms with van der Waals surface area (Å²) in [5.41, 5.74) is 1.30. The number of nitrogens with zero attached hydrogens (tertiary/aromatic N) is 1. The SMILES string of the molecule is CCCn1cccc1CNCC(C)S(C)=O. The van der Waals surface area contributed by atoms with Crippen molar-refractivity contribution in [3.8, 4) is 0 Å². The molecule has 92 valence electrons. The van der Waals surface area contributed by atoms with Crippen LogP contribution in [0.25, 0.3) is 0 Å². The minimum Gasteiger partial charge on any atom is -0.350 e. The summed E-state index contributed by atoms with van der Waals surface area (Å²) in [6.45, 7) is 6.92. The molecule has 2 unspecified atom stereocenters. The summed E-state index contributed by atoms with van der Waals surface area (Å²) in [6.07, 6.45) is 5.02. The molecule has 3 nitrogen and oxygen atoms in total. The molecule has 2 atom stereocenters. The zero-order valence-electron chi connectivity index (χ0n) is 10.4. The Kier molecular flexibility index (Phi) is 5.77. The van der Waals surface area contributed by atoms with E-state index in [4.69, 9.17) is 0 Å². The van der Waals surface area contributed by atoms with Crippen LogP contribution in [0.2, 0.25) is 0 Å². The molecule has 0 aliphatic heterocycles. The van der Waals surface area contributed by atoms with Crippen LogP contribution in [0, 0.1) is 0 Å². The highest BCUT2D eigenvalue weighted by atomic mass is 32.2. The van der Waals surface area contributed by atoms with Crippen LogP contribution in [0.4, 0.5) is 0 Å². The fraction of sp³-hybridized carbons (Fsp3) is 0.667. The lowest BCUT2D eigenvalue weighted by molar-refractivity contribution is 0.596. The van der Waals surface area contributed by atoms with E-state index in [1.807, 2.05) is 6.92 Å². The summed E-state index contributed by atoms with van der Waals surface area (Å²) in [5.74, 6) is 0. The van der Waals surface area contributed by atoms with Gasteiger partial charge in [0.1, 0.15) is 0 Å². The van der Waals surface area contributed by atoms with Gasteiger partial charge in [0, 0.05) is 53.8 Å². The Morgan fingerprint density at radius 2 is 2.31 bits per heavy atom. The summed E-state index contributed by atoms with van der Waals surface area (Å²) in [5, 5.41) is 3.57. The number of aromatic nitrogens is 1. The van der Waals surface area contributed by atoms with E-state index in [1.165, 1.54) is 5.69 Å². The van der Waals surface area contributed by atoms with Crippen LogP contribution >= 0.6 is 0 Å². The maximum absolute atomic E-state index is 11.2. The molecule has 16 heavy (non-hydrogen) atoms. The van der Waals surface area contributed by atoms with Gasteiger partial charge in [-0.15, -0.1) is 0 Å². The van der Waals surface area contributed by atoms with E-state index in [0.29, 0.717) is 0 Å². The molecule has 0 radical (unpaired) electrons. The average molecular weight is 242 g/mol. The van der Waals surface area contributed by atoms with E-state index in [0.717, 1.165) is 26.1 Å². The number of hydrogen-bond acceptors (Lipinski definition) is 2. The minimum absolute atomic E-state index is 0.217. The Morgan fingerprint density at radius 1 is 1.56 bits per heavy atom. The molecule has 1 heterocycles. The fourth-order valence-corrected chi connectivity index (χ4v) is 1.94. The second-order valence-electron chi connectivity index (χ2n) is 4.13. The molecule has 1 aromatic heterocycles.